The van der Waals surface area contributed by atoms with Crippen LogP contribution in [-0.4, -0.2) is 62.1 Å². The molecule has 0 radical (unpaired) electrons. The second kappa shape index (κ2) is 8.32. The van der Waals surface area contributed by atoms with Crippen molar-refractivity contribution in [2.45, 2.75) is 45.1 Å². The molecule has 140 valence electrons. The number of carbonyl (C=O) groups excluding carboxylic acids is 1. The van der Waals surface area contributed by atoms with Crippen LogP contribution in [0.1, 0.15) is 32.8 Å². The average Bonchev–Trinajstić information content (AvgIpc) is 3.06. The highest BCUT2D eigenvalue weighted by atomic mass is 32.2. The normalized spacial score (nSPS) is 18.7. The van der Waals surface area contributed by atoms with E-state index in [2.05, 4.69) is 18.7 Å². The third-order valence-electron chi connectivity index (χ3n) is 5.00. The number of benzene rings is 1. The van der Waals surface area contributed by atoms with Crippen LogP contribution in [0.4, 0.5) is 0 Å². The van der Waals surface area contributed by atoms with Crippen LogP contribution in [0.2, 0.25) is 0 Å². The molecule has 1 aromatic rings. The van der Waals surface area contributed by atoms with Gasteiger partial charge in [-0.3, -0.25) is 4.79 Å². The van der Waals surface area contributed by atoms with E-state index in [0.29, 0.717) is 17.5 Å². The van der Waals surface area contributed by atoms with Gasteiger partial charge in [0.1, 0.15) is 0 Å². The molecule has 25 heavy (non-hydrogen) atoms. The fourth-order valence-electron chi connectivity index (χ4n) is 3.23. The van der Waals surface area contributed by atoms with Crippen LogP contribution in [-0.2, 0) is 14.6 Å². The van der Waals surface area contributed by atoms with Crippen molar-refractivity contribution in [1.82, 2.24) is 9.80 Å². The lowest BCUT2D eigenvalue weighted by atomic mass is 10.1. The first-order valence-electron chi connectivity index (χ1n) is 9.07. The number of likely N-dealkylation sites (tertiary alicyclic amines) is 1. The minimum absolute atomic E-state index is 0.00979. The van der Waals surface area contributed by atoms with E-state index in [0.717, 1.165) is 25.1 Å². The molecule has 1 heterocycles. The Hall–Kier alpha value is -1.40. The molecule has 1 fully saturated rings. The molecule has 0 aromatic heterocycles. The Morgan fingerprint density at radius 3 is 2.44 bits per heavy atom. The van der Waals surface area contributed by atoms with Crippen LogP contribution in [0.5, 0.6) is 0 Å². The summed E-state index contributed by atoms with van der Waals surface area (Å²) >= 11 is 0. The Balaban J connectivity index is 1.97. The maximum atomic E-state index is 12.7. The number of nitrogens with zero attached hydrogens (tertiary/aromatic N) is 2. The molecule has 0 saturated carbocycles. The summed E-state index contributed by atoms with van der Waals surface area (Å²) in [4.78, 5) is 17.1. The number of hydrogen-bond acceptors (Lipinski definition) is 4. The highest BCUT2D eigenvalue weighted by Crippen LogP contribution is 2.21. The summed E-state index contributed by atoms with van der Waals surface area (Å²) in [5.41, 5.74) is 1.03. The van der Waals surface area contributed by atoms with Gasteiger partial charge in [-0.25, -0.2) is 8.42 Å². The second-order valence-electron chi connectivity index (χ2n) is 7.12. The smallest absolute Gasteiger partial charge is 0.227 e. The van der Waals surface area contributed by atoms with Gasteiger partial charge in [0.25, 0.3) is 0 Å². The molecule has 1 atom stereocenters. The molecule has 1 amide bonds. The van der Waals surface area contributed by atoms with Gasteiger partial charge in [-0.1, -0.05) is 17.7 Å². The highest BCUT2D eigenvalue weighted by molar-refractivity contribution is 7.91. The molecule has 0 aliphatic carbocycles. The van der Waals surface area contributed by atoms with Crippen molar-refractivity contribution < 1.29 is 13.2 Å². The molecular formula is C19H30N2O3S. The van der Waals surface area contributed by atoms with Gasteiger partial charge in [0, 0.05) is 25.7 Å². The first kappa shape index (κ1) is 19.9. The van der Waals surface area contributed by atoms with Crippen LogP contribution < -0.4 is 0 Å². The first-order chi connectivity index (χ1) is 11.7. The van der Waals surface area contributed by atoms with E-state index in [1.54, 1.807) is 29.2 Å². The van der Waals surface area contributed by atoms with Gasteiger partial charge in [0.2, 0.25) is 5.91 Å². The summed E-state index contributed by atoms with van der Waals surface area (Å²) in [6.07, 6.45) is 0.859. The largest absolute Gasteiger partial charge is 0.342 e. The molecular weight excluding hydrogens is 336 g/mol. The lowest BCUT2D eigenvalue weighted by molar-refractivity contribution is -0.134. The third-order valence-corrected chi connectivity index (χ3v) is 6.71. The molecule has 1 saturated heterocycles. The van der Waals surface area contributed by atoms with E-state index in [-0.39, 0.29) is 24.1 Å². The lowest BCUT2D eigenvalue weighted by Crippen LogP contribution is -2.40. The number of sulfone groups is 1. The second-order valence-corrected chi connectivity index (χ2v) is 9.23. The van der Waals surface area contributed by atoms with Crippen LogP contribution >= 0.6 is 0 Å². The zero-order valence-electron chi connectivity index (χ0n) is 15.7. The fourth-order valence-corrected chi connectivity index (χ4v) is 4.48. The molecule has 1 aromatic carbocycles. The number of aryl methyl sites for hydroxylation is 1. The quantitative estimate of drug-likeness (QED) is 0.743. The maximum absolute atomic E-state index is 12.7. The minimum Gasteiger partial charge on any atom is -0.342 e. The molecule has 0 bridgehead atoms. The van der Waals surface area contributed by atoms with Gasteiger partial charge >= 0.3 is 0 Å². The van der Waals surface area contributed by atoms with Crippen LogP contribution in [0.3, 0.4) is 0 Å². The zero-order valence-corrected chi connectivity index (χ0v) is 16.6. The fraction of sp³-hybridized carbons (Fsp3) is 0.632. The van der Waals surface area contributed by atoms with E-state index in [1.165, 1.54) is 0 Å². The predicted octanol–water partition coefficient (Wildman–Crippen LogP) is 2.35. The Morgan fingerprint density at radius 1 is 1.28 bits per heavy atom. The monoisotopic (exact) mass is 366 g/mol. The molecule has 0 N–H and O–H groups in total. The molecule has 0 spiro atoms. The summed E-state index contributed by atoms with van der Waals surface area (Å²) in [6, 6.07) is 7.32. The Kier molecular flexibility index (Phi) is 6.63. The van der Waals surface area contributed by atoms with Crippen LogP contribution in [0, 0.1) is 12.8 Å². The number of rotatable bonds is 7. The number of hydrogen-bond donors (Lipinski definition) is 0. The molecule has 2 rings (SSSR count). The average molecular weight is 367 g/mol. The van der Waals surface area contributed by atoms with Gasteiger partial charge in [-0.2, -0.15) is 0 Å². The van der Waals surface area contributed by atoms with Crippen molar-refractivity contribution in [3.05, 3.63) is 29.8 Å². The summed E-state index contributed by atoms with van der Waals surface area (Å²) in [7, 11) is -3.37. The van der Waals surface area contributed by atoms with Gasteiger partial charge < -0.3 is 9.80 Å². The van der Waals surface area contributed by atoms with Crippen molar-refractivity contribution >= 4 is 15.7 Å². The van der Waals surface area contributed by atoms with E-state index in [1.807, 2.05) is 13.8 Å². The lowest BCUT2D eigenvalue weighted by Gasteiger charge is -2.25. The third kappa shape index (κ3) is 5.05. The Morgan fingerprint density at radius 2 is 1.92 bits per heavy atom. The van der Waals surface area contributed by atoms with Crippen molar-refractivity contribution in [2.75, 3.05) is 31.9 Å². The Labute approximate surface area is 151 Å². The standard InChI is InChI=1S/C19H30N2O3S/c1-5-20(19(22)17-10-11-21(14-17)15(2)3)12-13-25(23,24)18-8-6-16(4)7-9-18/h6-9,15,17H,5,10-14H2,1-4H3/t17-/m1/s1. The highest BCUT2D eigenvalue weighted by Gasteiger charge is 2.32. The molecule has 5 nitrogen and oxygen atoms in total. The predicted molar refractivity (Wildman–Crippen MR) is 100 cm³/mol. The van der Waals surface area contributed by atoms with Gasteiger partial charge in [-0.05, 0) is 52.8 Å². The van der Waals surface area contributed by atoms with Crippen molar-refractivity contribution in [3.63, 3.8) is 0 Å². The first-order valence-corrected chi connectivity index (χ1v) is 10.7. The van der Waals surface area contributed by atoms with Crippen molar-refractivity contribution in [2.24, 2.45) is 5.92 Å². The van der Waals surface area contributed by atoms with E-state index >= 15 is 0 Å². The summed E-state index contributed by atoms with van der Waals surface area (Å²) in [6.45, 7) is 10.6. The number of amides is 1. The maximum Gasteiger partial charge on any atom is 0.227 e. The van der Waals surface area contributed by atoms with E-state index in [4.69, 9.17) is 0 Å². The summed E-state index contributed by atoms with van der Waals surface area (Å²) in [5, 5.41) is 0. The van der Waals surface area contributed by atoms with Crippen molar-refractivity contribution in [3.8, 4) is 0 Å². The Bertz CT molecular complexity index is 683. The van der Waals surface area contributed by atoms with Crippen molar-refractivity contribution in [1.29, 1.82) is 0 Å². The summed E-state index contributed by atoms with van der Waals surface area (Å²) < 4.78 is 25.0. The molecule has 6 heteroatoms. The van der Waals surface area contributed by atoms with E-state index < -0.39 is 9.84 Å². The zero-order chi connectivity index (χ0) is 18.6. The van der Waals surface area contributed by atoms with E-state index in [9.17, 15) is 13.2 Å². The van der Waals surface area contributed by atoms with Gasteiger partial charge in [-0.15, -0.1) is 0 Å². The van der Waals surface area contributed by atoms with Crippen LogP contribution in [0.25, 0.3) is 0 Å². The molecule has 0 unspecified atom stereocenters. The van der Waals surface area contributed by atoms with Crippen LogP contribution in [0.15, 0.2) is 29.2 Å². The van der Waals surface area contributed by atoms with Gasteiger partial charge in [0.05, 0.1) is 16.6 Å². The molecule has 1 aliphatic rings. The van der Waals surface area contributed by atoms with Gasteiger partial charge in [0.15, 0.2) is 9.84 Å². The summed E-state index contributed by atoms with van der Waals surface area (Å²) in [5.74, 6) is 0.0465. The molecule has 1 aliphatic heterocycles. The SMILES string of the molecule is CCN(CCS(=O)(=O)c1ccc(C)cc1)C(=O)[C@@H]1CCN(C(C)C)C1. The topological polar surface area (TPSA) is 57.7 Å². The number of carbonyl (C=O) groups is 1. The minimum atomic E-state index is -3.37.